The first-order valence-corrected chi connectivity index (χ1v) is 12.7. The van der Waals surface area contributed by atoms with Gasteiger partial charge in [0.2, 0.25) is 0 Å². The van der Waals surface area contributed by atoms with Gasteiger partial charge in [0.15, 0.2) is 6.61 Å². The van der Waals surface area contributed by atoms with Crippen LogP contribution in [-0.2, 0) is 9.59 Å². The molecule has 0 atom stereocenters. The van der Waals surface area contributed by atoms with Crippen LogP contribution >= 0.6 is 27.7 Å². The summed E-state index contributed by atoms with van der Waals surface area (Å²) < 4.78 is 12.2. The molecular formula is C27H23BrN2O5S. The molecular weight excluding hydrogens is 544 g/mol. The summed E-state index contributed by atoms with van der Waals surface area (Å²) in [5.41, 5.74) is 2.35. The number of hydrogen-bond donors (Lipinski definition) is 1. The lowest BCUT2D eigenvalue weighted by Crippen LogP contribution is -2.32. The van der Waals surface area contributed by atoms with Crippen molar-refractivity contribution in [2.45, 2.75) is 6.92 Å². The summed E-state index contributed by atoms with van der Waals surface area (Å²) in [4.78, 5) is 39.1. The topological polar surface area (TPSA) is 84.9 Å². The van der Waals surface area contributed by atoms with Crippen molar-refractivity contribution in [3.63, 3.8) is 0 Å². The molecule has 0 saturated carbocycles. The van der Waals surface area contributed by atoms with E-state index in [0.29, 0.717) is 22.7 Å². The van der Waals surface area contributed by atoms with Crippen LogP contribution in [0, 0.1) is 6.92 Å². The van der Waals surface area contributed by atoms with Gasteiger partial charge < -0.3 is 14.8 Å². The highest BCUT2D eigenvalue weighted by Crippen LogP contribution is 2.34. The van der Waals surface area contributed by atoms with Gasteiger partial charge >= 0.3 is 0 Å². The Hall–Kier alpha value is -3.56. The molecule has 0 bridgehead atoms. The zero-order valence-corrected chi connectivity index (χ0v) is 21.8. The van der Waals surface area contributed by atoms with Crippen LogP contribution in [0.1, 0.15) is 11.1 Å². The molecule has 1 aliphatic heterocycles. The Balaban J connectivity index is 1.40. The number of thioether (sulfide) groups is 1. The van der Waals surface area contributed by atoms with Gasteiger partial charge in [-0.3, -0.25) is 19.3 Å². The standard InChI is InChI=1S/C27H23BrN2O5S/c1-18-7-10-22(11-8-18)34-14-13-30-26(32)24(36-27(30)33)16-19-15-20(28)9-12-23(19)35-17-25(31)29-21-5-3-2-4-6-21/h2-12,15-16H,13-14,17H2,1H3,(H,29,31)/b24-16-. The normalized spacial score (nSPS) is 14.3. The van der Waals surface area contributed by atoms with Crippen LogP contribution in [-0.4, -0.2) is 41.7 Å². The number of nitrogens with zero attached hydrogens (tertiary/aromatic N) is 1. The largest absolute Gasteiger partial charge is 0.492 e. The summed E-state index contributed by atoms with van der Waals surface area (Å²) in [5.74, 6) is 0.375. The first-order chi connectivity index (χ1) is 17.4. The molecule has 36 heavy (non-hydrogen) atoms. The van der Waals surface area contributed by atoms with Crippen LogP contribution < -0.4 is 14.8 Å². The van der Waals surface area contributed by atoms with E-state index in [2.05, 4.69) is 21.2 Å². The summed E-state index contributed by atoms with van der Waals surface area (Å²) in [7, 11) is 0. The molecule has 0 aromatic heterocycles. The fourth-order valence-electron chi connectivity index (χ4n) is 3.35. The average molecular weight is 567 g/mol. The lowest BCUT2D eigenvalue weighted by Gasteiger charge is -2.13. The molecule has 3 aromatic rings. The van der Waals surface area contributed by atoms with Crippen molar-refractivity contribution in [2.75, 3.05) is 25.1 Å². The van der Waals surface area contributed by atoms with Gasteiger partial charge in [-0.2, -0.15) is 0 Å². The highest BCUT2D eigenvalue weighted by molar-refractivity contribution is 9.10. The Labute approximate surface area is 221 Å². The second-order valence-electron chi connectivity index (χ2n) is 7.88. The Morgan fingerprint density at radius 2 is 1.78 bits per heavy atom. The van der Waals surface area contributed by atoms with Crippen LogP contribution in [0.5, 0.6) is 11.5 Å². The Morgan fingerprint density at radius 1 is 1.03 bits per heavy atom. The Morgan fingerprint density at radius 3 is 2.53 bits per heavy atom. The van der Waals surface area contributed by atoms with Gasteiger partial charge in [0.05, 0.1) is 11.4 Å². The van der Waals surface area contributed by atoms with Gasteiger partial charge in [0.1, 0.15) is 18.1 Å². The lowest BCUT2D eigenvalue weighted by molar-refractivity contribution is -0.123. The van der Waals surface area contributed by atoms with E-state index in [0.717, 1.165) is 26.7 Å². The molecule has 1 heterocycles. The molecule has 9 heteroatoms. The van der Waals surface area contributed by atoms with Crippen molar-refractivity contribution >= 4 is 56.5 Å². The number of benzene rings is 3. The minimum absolute atomic E-state index is 0.136. The third kappa shape index (κ3) is 6.77. The van der Waals surface area contributed by atoms with Crippen molar-refractivity contribution in [3.8, 4) is 11.5 Å². The lowest BCUT2D eigenvalue weighted by atomic mass is 10.2. The first kappa shape index (κ1) is 25.5. The minimum Gasteiger partial charge on any atom is -0.492 e. The molecule has 0 aliphatic carbocycles. The number of imide groups is 1. The fourth-order valence-corrected chi connectivity index (χ4v) is 4.58. The number of nitrogens with one attached hydrogen (secondary N) is 1. The van der Waals surface area contributed by atoms with Gasteiger partial charge in [-0.1, -0.05) is 51.8 Å². The molecule has 1 saturated heterocycles. The predicted molar refractivity (Wildman–Crippen MR) is 144 cm³/mol. The SMILES string of the molecule is Cc1ccc(OCCN2C(=O)S/C(=C\c3cc(Br)ccc3OCC(=O)Nc3ccccc3)C2=O)cc1. The molecule has 0 unspecified atom stereocenters. The molecule has 184 valence electrons. The highest BCUT2D eigenvalue weighted by atomic mass is 79.9. The average Bonchev–Trinajstić information content (AvgIpc) is 3.12. The molecule has 3 amide bonds. The smallest absolute Gasteiger partial charge is 0.293 e. The zero-order chi connectivity index (χ0) is 25.5. The summed E-state index contributed by atoms with van der Waals surface area (Å²) in [6.07, 6.45) is 1.60. The second kappa shape index (κ2) is 11.9. The van der Waals surface area contributed by atoms with Crippen molar-refractivity contribution in [3.05, 3.63) is 93.3 Å². The Kier molecular flexibility index (Phi) is 8.45. The number of aryl methyl sites for hydroxylation is 1. The van der Waals surface area contributed by atoms with Gasteiger partial charge in [-0.25, -0.2) is 0 Å². The number of carbonyl (C=O) groups is 3. The molecule has 3 aromatic carbocycles. The van der Waals surface area contributed by atoms with Crippen molar-refractivity contribution in [1.82, 2.24) is 4.90 Å². The number of anilines is 1. The van der Waals surface area contributed by atoms with E-state index in [-0.39, 0.29) is 35.8 Å². The molecule has 0 spiro atoms. The number of hydrogen-bond acceptors (Lipinski definition) is 6. The third-order valence-corrected chi connectivity index (χ3v) is 6.55. The summed E-state index contributed by atoms with van der Waals surface area (Å²) in [6, 6.07) is 21.9. The monoisotopic (exact) mass is 566 g/mol. The second-order valence-corrected chi connectivity index (χ2v) is 9.79. The van der Waals surface area contributed by atoms with E-state index < -0.39 is 5.91 Å². The number of ether oxygens (including phenoxy) is 2. The quantitative estimate of drug-likeness (QED) is 0.325. The van der Waals surface area contributed by atoms with Crippen molar-refractivity contribution in [2.24, 2.45) is 0 Å². The van der Waals surface area contributed by atoms with Crippen LogP contribution in [0.25, 0.3) is 6.08 Å². The van der Waals surface area contributed by atoms with Crippen LogP contribution in [0.15, 0.2) is 82.2 Å². The molecule has 1 fully saturated rings. The number of carbonyl (C=O) groups excluding carboxylic acids is 3. The third-order valence-electron chi connectivity index (χ3n) is 5.15. The van der Waals surface area contributed by atoms with E-state index >= 15 is 0 Å². The number of amides is 3. The van der Waals surface area contributed by atoms with Crippen LogP contribution in [0.4, 0.5) is 10.5 Å². The van der Waals surface area contributed by atoms with E-state index in [1.165, 1.54) is 0 Å². The van der Waals surface area contributed by atoms with Gasteiger partial charge in [0, 0.05) is 15.7 Å². The number of para-hydroxylation sites is 1. The molecule has 1 N–H and O–H groups in total. The molecule has 0 radical (unpaired) electrons. The van der Waals surface area contributed by atoms with Gasteiger partial charge in [-0.05, 0) is 67.2 Å². The number of rotatable bonds is 9. The maximum atomic E-state index is 12.9. The van der Waals surface area contributed by atoms with E-state index in [9.17, 15) is 14.4 Å². The maximum Gasteiger partial charge on any atom is 0.293 e. The van der Waals surface area contributed by atoms with Crippen LogP contribution in [0.3, 0.4) is 0 Å². The summed E-state index contributed by atoms with van der Waals surface area (Å²) in [5, 5.41) is 2.40. The molecule has 1 aliphatic rings. The zero-order valence-electron chi connectivity index (χ0n) is 19.4. The maximum absolute atomic E-state index is 12.9. The van der Waals surface area contributed by atoms with E-state index in [4.69, 9.17) is 9.47 Å². The van der Waals surface area contributed by atoms with Crippen molar-refractivity contribution < 1.29 is 23.9 Å². The van der Waals surface area contributed by atoms with Crippen LogP contribution in [0.2, 0.25) is 0 Å². The fraction of sp³-hybridized carbons (Fsp3) is 0.148. The number of halogens is 1. The van der Waals surface area contributed by atoms with Gasteiger partial charge in [0.25, 0.3) is 17.1 Å². The summed E-state index contributed by atoms with van der Waals surface area (Å²) in [6.45, 7) is 2.10. The molecule has 4 rings (SSSR count). The van der Waals surface area contributed by atoms with E-state index in [1.54, 1.807) is 36.4 Å². The Bertz CT molecular complexity index is 1300. The highest BCUT2D eigenvalue weighted by Gasteiger charge is 2.35. The molecule has 7 nitrogen and oxygen atoms in total. The van der Waals surface area contributed by atoms with E-state index in [1.807, 2.05) is 49.4 Å². The first-order valence-electron chi connectivity index (χ1n) is 11.1. The predicted octanol–water partition coefficient (Wildman–Crippen LogP) is 5.89. The minimum atomic E-state index is -0.398. The summed E-state index contributed by atoms with van der Waals surface area (Å²) >= 11 is 4.28. The van der Waals surface area contributed by atoms with Gasteiger partial charge in [-0.15, -0.1) is 0 Å². The van der Waals surface area contributed by atoms with Crippen molar-refractivity contribution in [1.29, 1.82) is 0 Å².